The normalized spacial score (nSPS) is 15.7. The quantitative estimate of drug-likeness (QED) is 0.905. The lowest BCUT2D eigenvalue weighted by Gasteiger charge is -2.27. The molecule has 0 saturated carbocycles. The van der Waals surface area contributed by atoms with E-state index in [9.17, 15) is 4.79 Å². The second kappa shape index (κ2) is 6.76. The Morgan fingerprint density at radius 1 is 1.28 bits per heavy atom. The number of benzene rings is 1. The Hall–Kier alpha value is -1.06. The van der Waals surface area contributed by atoms with Crippen LogP contribution in [0, 0.1) is 0 Å². The molecular formula is C14H19ClN2O. The van der Waals surface area contributed by atoms with Crippen molar-refractivity contribution in [1.82, 2.24) is 10.2 Å². The van der Waals surface area contributed by atoms with E-state index in [1.165, 1.54) is 0 Å². The number of halogens is 1. The van der Waals surface area contributed by atoms with E-state index in [0.29, 0.717) is 6.42 Å². The number of hydrogen-bond donors (Lipinski definition) is 1. The van der Waals surface area contributed by atoms with Gasteiger partial charge in [-0.2, -0.15) is 0 Å². The van der Waals surface area contributed by atoms with Gasteiger partial charge in [-0.3, -0.25) is 4.79 Å². The summed E-state index contributed by atoms with van der Waals surface area (Å²) < 4.78 is 0. The van der Waals surface area contributed by atoms with Crippen LogP contribution in [0.25, 0.3) is 0 Å². The van der Waals surface area contributed by atoms with Gasteiger partial charge in [-0.1, -0.05) is 29.8 Å². The van der Waals surface area contributed by atoms with Crippen LogP contribution < -0.4 is 5.32 Å². The maximum atomic E-state index is 11.9. The molecule has 3 nitrogen and oxygen atoms in total. The zero-order valence-corrected chi connectivity index (χ0v) is 11.2. The predicted octanol–water partition coefficient (Wildman–Crippen LogP) is 2.09. The monoisotopic (exact) mass is 266 g/mol. The van der Waals surface area contributed by atoms with Gasteiger partial charge in [0, 0.05) is 37.6 Å². The van der Waals surface area contributed by atoms with Crippen LogP contribution in [0.5, 0.6) is 0 Å². The van der Waals surface area contributed by atoms with Crippen molar-refractivity contribution in [3.05, 3.63) is 34.9 Å². The molecule has 1 amide bonds. The van der Waals surface area contributed by atoms with Gasteiger partial charge in [0.2, 0.25) is 5.91 Å². The van der Waals surface area contributed by atoms with Crippen molar-refractivity contribution < 1.29 is 4.79 Å². The fourth-order valence-electron chi connectivity index (χ4n) is 2.20. The second-order valence-corrected chi connectivity index (χ2v) is 4.98. The van der Waals surface area contributed by atoms with E-state index >= 15 is 0 Å². The minimum Gasteiger partial charge on any atom is -0.340 e. The molecule has 1 fully saturated rings. The van der Waals surface area contributed by atoms with Crippen molar-refractivity contribution >= 4 is 17.5 Å². The number of piperazine rings is 1. The Bertz CT molecular complexity index is 403. The Morgan fingerprint density at radius 2 is 2.00 bits per heavy atom. The molecule has 1 aliphatic rings. The lowest BCUT2D eigenvalue weighted by atomic mass is 10.1. The van der Waals surface area contributed by atoms with Gasteiger partial charge < -0.3 is 10.2 Å². The molecule has 0 aliphatic carbocycles. The SMILES string of the molecule is O=C(CCCc1ccccc1Cl)N1CCNCC1. The van der Waals surface area contributed by atoms with Crippen molar-refractivity contribution in [3.63, 3.8) is 0 Å². The highest BCUT2D eigenvalue weighted by Crippen LogP contribution is 2.17. The van der Waals surface area contributed by atoms with E-state index in [1.54, 1.807) is 0 Å². The number of nitrogens with zero attached hydrogens (tertiary/aromatic N) is 1. The molecule has 1 N–H and O–H groups in total. The number of nitrogens with one attached hydrogen (secondary N) is 1. The molecule has 1 aromatic rings. The molecule has 0 atom stereocenters. The average Bonchev–Trinajstić information content (AvgIpc) is 2.42. The van der Waals surface area contributed by atoms with Crippen LogP contribution in [0.2, 0.25) is 5.02 Å². The predicted molar refractivity (Wildman–Crippen MR) is 73.8 cm³/mol. The molecule has 0 unspecified atom stereocenters. The highest BCUT2D eigenvalue weighted by Gasteiger charge is 2.15. The molecule has 2 rings (SSSR count). The third-order valence-electron chi connectivity index (χ3n) is 3.26. The second-order valence-electron chi connectivity index (χ2n) is 4.58. The van der Waals surface area contributed by atoms with Crippen LogP contribution in [0.15, 0.2) is 24.3 Å². The first-order chi connectivity index (χ1) is 8.77. The lowest BCUT2D eigenvalue weighted by Crippen LogP contribution is -2.46. The van der Waals surface area contributed by atoms with E-state index in [0.717, 1.165) is 49.6 Å². The van der Waals surface area contributed by atoms with Crippen LogP contribution in [-0.2, 0) is 11.2 Å². The molecule has 4 heteroatoms. The van der Waals surface area contributed by atoms with E-state index in [2.05, 4.69) is 5.32 Å². The summed E-state index contributed by atoms with van der Waals surface area (Å²) in [6.07, 6.45) is 2.36. The van der Waals surface area contributed by atoms with Gasteiger partial charge in [-0.05, 0) is 24.5 Å². The maximum absolute atomic E-state index is 11.9. The fraction of sp³-hybridized carbons (Fsp3) is 0.500. The number of rotatable bonds is 4. The summed E-state index contributed by atoms with van der Waals surface area (Å²) >= 11 is 6.08. The number of amides is 1. The van der Waals surface area contributed by atoms with Gasteiger partial charge in [-0.25, -0.2) is 0 Å². The third kappa shape index (κ3) is 3.72. The van der Waals surface area contributed by atoms with E-state index < -0.39 is 0 Å². The number of carbonyl (C=O) groups excluding carboxylic acids is 1. The van der Waals surface area contributed by atoms with Crippen LogP contribution in [0.4, 0.5) is 0 Å². The van der Waals surface area contributed by atoms with Crippen molar-refractivity contribution in [2.75, 3.05) is 26.2 Å². The van der Waals surface area contributed by atoms with Crippen molar-refractivity contribution in [2.45, 2.75) is 19.3 Å². The molecule has 1 saturated heterocycles. The zero-order valence-electron chi connectivity index (χ0n) is 10.5. The van der Waals surface area contributed by atoms with Gasteiger partial charge >= 0.3 is 0 Å². The fourth-order valence-corrected chi connectivity index (χ4v) is 2.43. The molecule has 98 valence electrons. The summed E-state index contributed by atoms with van der Waals surface area (Å²) in [5, 5.41) is 4.05. The summed E-state index contributed by atoms with van der Waals surface area (Å²) in [4.78, 5) is 13.9. The van der Waals surface area contributed by atoms with E-state index in [4.69, 9.17) is 11.6 Å². The number of aryl methyl sites for hydroxylation is 1. The standard InChI is InChI=1S/C14H19ClN2O/c15-13-6-2-1-4-12(13)5-3-7-14(18)17-10-8-16-9-11-17/h1-2,4,6,16H,3,5,7-11H2. The Labute approximate surface area is 113 Å². The summed E-state index contributed by atoms with van der Waals surface area (Å²) in [6.45, 7) is 3.50. The van der Waals surface area contributed by atoms with Gasteiger partial charge in [-0.15, -0.1) is 0 Å². The topological polar surface area (TPSA) is 32.3 Å². The van der Waals surface area contributed by atoms with Crippen LogP contribution >= 0.6 is 11.6 Å². The zero-order chi connectivity index (χ0) is 12.8. The minimum atomic E-state index is 0.267. The van der Waals surface area contributed by atoms with Crippen LogP contribution in [0.3, 0.4) is 0 Å². The van der Waals surface area contributed by atoms with E-state index in [-0.39, 0.29) is 5.91 Å². The first-order valence-electron chi connectivity index (χ1n) is 6.49. The summed E-state index contributed by atoms with van der Waals surface area (Å²) in [7, 11) is 0. The molecule has 1 aromatic carbocycles. The Morgan fingerprint density at radius 3 is 2.72 bits per heavy atom. The highest BCUT2D eigenvalue weighted by molar-refractivity contribution is 6.31. The van der Waals surface area contributed by atoms with Gasteiger partial charge in [0.25, 0.3) is 0 Å². The largest absolute Gasteiger partial charge is 0.340 e. The molecule has 0 spiro atoms. The first-order valence-corrected chi connectivity index (χ1v) is 6.87. The molecule has 0 aromatic heterocycles. The molecular weight excluding hydrogens is 248 g/mol. The van der Waals surface area contributed by atoms with Gasteiger partial charge in [0.05, 0.1) is 0 Å². The summed E-state index contributed by atoms with van der Waals surface area (Å²) in [5.41, 5.74) is 1.13. The molecule has 1 heterocycles. The third-order valence-corrected chi connectivity index (χ3v) is 3.63. The molecule has 1 aliphatic heterocycles. The van der Waals surface area contributed by atoms with Crippen LogP contribution in [0.1, 0.15) is 18.4 Å². The van der Waals surface area contributed by atoms with Gasteiger partial charge in [0.15, 0.2) is 0 Å². The van der Waals surface area contributed by atoms with Crippen molar-refractivity contribution in [1.29, 1.82) is 0 Å². The number of hydrogen-bond acceptors (Lipinski definition) is 2. The molecule has 0 radical (unpaired) electrons. The maximum Gasteiger partial charge on any atom is 0.222 e. The Kier molecular flexibility index (Phi) is 5.02. The minimum absolute atomic E-state index is 0.267. The molecule has 0 bridgehead atoms. The van der Waals surface area contributed by atoms with Gasteiger partial charge in [0.1, 0.15) is 0 Å². The van der Waals surface area contributed by atoms with E-state index in [1.807, 2.05) is 29.2 Å². The average molecular weight is 267 g/mol. The lowest BCUT2D eigenvalue weighted by molar-refractivity contribution is -0.131. The van der Waals surface area contributed by atoms with Crippen molar-refractivity contribution in [2.24, 2.45) is 0 Å². The van der Waals surface area contributed by atoms with Crippen LogP contribution in [-0.4, -0.2) is 37.0 Å². The Balaban J connectivity index is 1.75. The number of carbonyl (C=O) groups is 1. The summed E-state index contributed by atoms with van der Waals surface area (Å²) in [5.74, 6) is 0.267. The summed E-state index contributed by atoms with van der Waals surface area (Å²) in [6, 6.07) is 7.84. The van der Waals surface area contributed by atoms with Crippen molar-refractivity contribution in [3.8, 4) is 0 Å². The highest BCUT2D eigenvalue weighted by atomic mass is 35.5. The molecule has 18 heavy (non-hydrogen) atoms. The smallest absolute Gasteiger partial charge is 0.222 e. The first kappa shape index (κ1) is 13.4.